The highest BCUT2D eigenvalue weighted by atomic mass is 31.2. The quantitative estimate of drug-likeness (QED) is 0.104. The summed E-state index contributed by atoms with van der Waals surface area (Å²) in [5.41, 5.74) is 0. The van der Waals surface area contributed by atoms with Gasteiger partial charge in [0.2, 0.25) is 0 Å². The molecule has 0 aromatic carbocycles. The van der Waals surface area contributed by atoms with Gasteiger partial charge in [-0.15, -0.1) is 0 Å². The second-order valence-electron chi connectivity index (χ2n) is 10.8. The van der Waals surface area contributed by atoms with Crippen LogP contribution in [0, 0.1) is 0 Å². The van der Waals surface area contributed by atoms with E-state index < -0.39 is 7.60 Å². The van der Waals surface area contributed by atoms with E-state index in [-0.39, 0.29) is 18.2 Å². The van der Waals surface area contributed by atoms with Crippen molar-refractivity contribution < 1.29 is 22.9 Å². The van der Waals surface area contributed by atoms with Crippen molar-refractivity contribution >= 4 is 13.4 Å². The first kappa shape index (κ1) is 30.8. The topological polar surface area (TPSA) is 64.6 Å². The number of ketones is 1. The Morgan fingerprint density at radius 1 is 0.879 bits per heavy atom. The molecule has 1 aliphatic heterocycles. The monoisotopic (exact) mass is 489 g/mol. The number of nitrogens with zero attached hydrogens (tertiary/aromatic N) is 1. The van der Waals surface area contributed by atoms with Crippen LogP contribution in [0.25, 0.3) is 0 Å². The van der Waals surface area contributed by atoms with Crippen molar-refractivity contribution in [3.05, 3.63) is 0 Å². The van der Waals surface area contributed by atoms with E-state index in [1.807, 2.05) is 0 Å². The van der Waals surface area contributed by atoms with Gasteiger partial charge in [-0.2, -0.15) is 0 Å². The Bertz CT molecular complexity index is 545. The molecule has 196 valence electrons. The molecule has 0 spiro atoms. The molecule has 0 amide bonds. The largest absolute Gasteiger partial charge is 0.348 e. The van der Waals surface area contributed by atoms with Gasteiger partial charge < -0.3 is 14.3 Å². The molecule has 1 fully saturated rings. The zero-order valence-corrected chi connectivity index (χ0v) is 23.1. The number of carbonyl (C=O) groups excluding carboxylic acids is 1. The number of rotatable bonds is 22. The lowest BCUT2D eigenvalue weighted by molar-refractivity contribution is -0.870. The molecule has 0 aliphatic carbocycles. The summed E-state index contributed by atoms with van der Waals surface area (Å²) in [5, 5.41) is 3.23. The van der Waals surface area contributed by atoms with Crippen molar-refractivity contribution in [3.63, 3.8) is 0 Å². The fourth-order valence-corrected chi connectivity index (χ4v) is 6.12. The highest BCUT2D eigenvalue weighted by Gasteiger charge is 2.38. The number of likely N-dealkylation sites (N-methyl/N-ethyl adjacent to an activating group) is 1. The zero-order chi connectivity index (χ0) is 24.4. The van der Waals surface area contributed by atoms with E-state index in [1.54, 1.807) is 0 Å². The Morgan fingerprint density at radius 2 is 1.42 bits per heavy atom. The second-order valence-corrected chi connectivity index (χ2v) is 13.0. The van der Waals surface area contributed by atoms with E-state index in [9.17, 15) is 9.36 Å². The lowest BCUT2D eigenvalue weighted by atomic mass is 10.0. The number of hydrogen-bond donors (Lipinski definition) is 1. The summed E-state index contributed by atoms with van der Waals surface area (Å²) in [5.74, 6) is -0.249. The van der Waals surface area contributed by atoms with Crippen LogP contribution in [0.15, 0.2) is 0 Å². The number of hydrogen-bond acceptors (Lipinski definition) is 5. The smallest absolute Gasteiger partial charge is 0.329 e. The minimum absolute atomic E-state index is 0.0338. The van der Waals surface area contributed by atoms with E-state index in [0.717, 1.165) is 43.3 Å². The van der Waals surface area contributed by atoms with Crippen molar-refractivity contribution in [2.75, 3.05) is 47.4 Å². The predicted octanol–water partition coefficient (Wildman–Crippen LogP) is 6.68. The average Bonchev–Trinajstić information content (AvgIpc) is 3.30. The maximum atomic E-state index is 13.3. The van der Waals surface area contributed by atoms with Crippen LogP contribution in [-0.4, -0.2) is 63.5 Å². The standard InChI is InChI=1S/C26H54N2O4P/c1-5-6-7-8-9-10-11-12-13-14-15-16-17-19-25(29)24-32-33(30,26-20-18-21-27-26)31-23-22-28(2,3)4/h26-27H,5-24H2,1-4H3/q+1. The van der Waals surface area contributed by atoms with Gasteiger partial charge in [-0.25, -0.2) is 0 Å². The van der Waals surface area contributed by atoms with Crippen LogP contribution >= 0.6 is 7.60 Å². The lowest BCUT2D eigenvalue weighted by Crippen LogP contribution is -2.38. The molecular formula is C26H54N2O4P+. The molecule has 33 heavy (non-hydrogen) atoms. The highest BCUT2D eigenvalue weighted by molar-refractivity contribution is 7.54. The third-order valence-electron chi connectivity index (χ3n) is 6.41. The summed E-state index contributed by atoms with van der Waals surface area (Å²) in [4.78, 5) is 12.3. The van der Waals surface area contributed by atoms with Crippen molar-refractivity contribution in [1.82, 2.24) is 5.32 Å². The third kappa shape index (κ3) is 16.1. The normalized spacial score (nSPS) is 18.5. The van der Waals surface area contributed by atoms with Crippen molar-refractivity contribution in [1.29, 1.82) is 0 Å². The number of unbranched alkanes of at least 4 members (excludes halogenated alkanes) is 12. The fourth-order valence-electron chi connectivity index (χ4n) is 4.17. The van der Waals surface area contributed by atoms with Crippen LogP contribution in [-0.2, 0) is 18.4 Å². The summed E-state index contributed by atoms with van der Waals surface area (Å²) >= 11 is 0. The molecule has 7 heteroatoms. The molecule has 1 heterocycles. The predicted molar refractivity (Wildman–Crippen MR) is 139 cm³/mol. The summed E-state index contributed by atoms with van der Waals surface area (Å²) < 4.78 is 25.5. The minimum atomic E-state index is -3.32. The Balaban J connectivity index is 2.10. The molecule has 0 aromatic heterocycles. The number of nitrogens with one attached hydrogen (secondary N) is 1. The second kappa shape index (κ2) is 18.1. The van der Waals surface area contributed by atoms with Gasteiger partial charge in [0.15, 0.2) is 5.78 Å². The maximum absolute atomic E-state index is 13.3. The van der Waals surface area contributed by atoms with Crippen molar-refractivity contribution in [3.8, 4) is 0 Å². The Kier molecular flexibility index (Phi) is 16.8. The van der Waals surface area contributed by atoms with E-state index in [4.69, 9.17) is 9.05 Å². The number of carbonyl (C=O) groups is 1. The Hall–Kier alpha value is -0.260. The van der Waals surface area contributed by atoms with Gasteiger partial charge in [-0.1, -0.05) is 84.0 Å². The van der Waals surface area contributed by atoms with Crippen LogP contribution < -0.4 is 5.32 Å². The molecule has 2 atom stereocenters. The zero-order valence-electron chi connectivity index (χ0n) is 22.2. The first-order valence-corrected chi connectivity index (χ1v) is 15.3. The molecule has 2 unspecified atom stereocenters. The molecule has 1 saturated heterocycles. The average molecular weight is 490 g/mol. The highest BCUT2D eigenvalue weighted by Crippen LogP contribution is 2.54. The Morgan fingerprint density at radius 3 is 1.91 bits per heavy atom. The van der Waals surface area contributed by atoms with Crippen molar-refractivity contribution in [2.45, 2.75) is 115 Å². The van der Waals surface area contributed by atoms with E-state index in [1.165, 1.54) is 70.6 Å². The Labute approximate surface area is 204 Å². The molecule has 1 rings (SSSR count). The summed E-state index contributed by atoms with van der Waals surface area (Å²) in [6.45, 7) is 4.10. The minimum Gasteiger partial charge on any atom is -0.329 e. The number of quaternary nitrogens is 1. The van der Waals surface area contributed by atoms with E-state index in [2.05, 4.69) is 33.4 Å². The van der Waals surface area contributed by atoms with Crippen molar-refractivity contribution in [2.24, 2.45) is 0 Å². The maximum Gasteiger partial charge on any atom is 0.348 e. The van der Waals surface area contributed by atoms with Gasteiger partial charge in [0.05, 0.1) is 21.1 Å². The lowest BCUT2D eigenvalue weighted by Gasteiger charge is -2.27. The molecule has 0 radical (unpaired) electrons. The van der Waals surface area contributed by atoms with Gasteiger partial charge in [-0.3, -0.25) is 13.9 Å². The molecule has 1 aliphatic rings. The van der Waals surface area contributed by atoms with E-state index in [0.29, 0.717) is 13.0 Å². The molecular weight excluding hydrogens is 435 g/mol. The number of Topliss-reactive ketones (excluding diaryl/α,β-unsaturated/α-hetero) is 1. The van der Waals surface area contributed by atoms with Crippen LogP contribution in [0.3, 0.4) is 0 Å². The molecule has 0 aromatic rings. The first-order chi connectivity index (χ1) is 15.8. The SMILES string of the molecule is CCCCCCCCCCCCCCCC(=O)COP(=O)(OCC[N+](C)(C)C)C1CCCN1. The van der Waals surface area contributed by atoms with Gasteiger partial charge in [0.1, 0.15) is 25.5 Å². The van der Waals surface area contributed by atoms with Crippen LogP contribution in [0.4, 0.5) is 0 Å². The molecule has 6 nitrogen and oxygen atoms in total. The van der Waals surface area contributed by atoms with Gasteiger partial charge in [0.25, 0.3) is 0 Å². The van der Waals surface area contributed by atoms with Crippen LogP contribution in [0.5, 0.6) is 0 Å². The molecule has 0 saturated carbocycles. The van der Waals surface area contributed by atoms with Crippen LogP contribution in [0.1, 0.15) is 110 Å². The summed E-state index contributed by atoms with van der Waals surface area (Å²) in [6, 6.07) is 0. The summed E-state index contributed by atoms with van der Waals surface area (Å²) in [7, 11) is 2.89. The van der Waals surface area contributed by atoms with E-state index >= 15 is 0 Å². The summed E-state index contributed by atoms with van der Waals surface area (Å²) in [6.07, 6.45) is 19.0. The van der Waals surface area contributed by atoms with Gasteiger partial charge >= 0.3 is 7.60 Å². The van der Waals surface area contributed by atoms with Gasteiger partial charge in [-0.05, 0) is 25.8 Å². The third-order valence-corrected chi connectivity index (χ3v) is 8.65. The first-order valence-electron chi connectivity index (χ1n) is 13.7. The fraction of sp³-hybridized carbons (Fsp3) is 0.962. The molecule has 1 N–H and O–H groups in total. The molecule has 0 bridgehead atoms. The van der Waals surface area contributed by atoms with Gasteiger partial charge in [0, 0.05) is 6.42 Å². The van der Waals surface area contributed by atoms with Crippen LogP contribution in [0.2, 0.25) is 0 Å².